The number of sulfonamides is 1. The lowest BCUT2D eigenvalue weighted by Crippen LogP contribution is -2.35. The molecule has 1 N–H and O–H groups in total. The lowest BCUT2D eigenvalue weighted by molar-refractivity contribution is 0.102. The molecule has 0 unspecified atom stereocenters. The van der Waals surface area contributed by atoms with Gasteiger partial charge >= 0.3 is 0 Å². The van der Waals surface area contributed by atoms with Crippen LogP contribution < -0.4 is 5.32 Å². The number of piperidine rings is 1. The predicted molar refractivity (Wildman–Crippen MR) is 117 cm³/mol. The molecule has 8 heteroatoms. The van der Waals surface area contributed by atoms with Crippen LogP contribution in [0, 0.1) is 18.3 Å². The summed E-state index contributed by atoms with van der Waals surface area (Å²) in [5, 5.41) is 13.1. The Morgan fingerprint density at radius 1 is 1.13 bits per heavy atom. The smallest absolute Gasteiger partial charge is 0.256 e. The van der Waals surface area contributed by atoms with E-state index in [4.69, 9.17) is 0 Å². The van der Waals surface area contributed by atoms with Crippen molar-refractivity contribution in [1.82, 2.24) is 4.31 Å². The second-order valence-corrected chi connectivity index (χ2v) is 11.0. The van der Waals surface area contributed by atoms with E-state index in [9.17, 15) is 18.5 Å². The highest BCUT2D eigenvalue weighted by Gasteiger charge is 2.28. The van der Waals surface area contributed by atoms with E-state index >= 15 is 0 Å². The molecule has 30 heavy (non-hydrogen) atoms. The first kappa shape index (κ1) is 21.0. The van der Waals surface area contributed by atoms with Gasteiger partial charge in [0.05, 0.1) is 10.5 Å². The van der Waals surface area contributed by atoms with Crippen LogP contribution in [-0.2, 0) is 22.9 Å². The van der Waals surface area contributed by atoms with E-state index in [-0.39, 0.29) is 10.8 Å². The van der Waals surface area contributed by atoms with Gasteiger partial charge in [-0.05, 0) is 68.7 Å². The van der Waals surface area contributed by atoms with Crippen LogP contribution in [0.5, 0.6) is 0 Å². The van der Waals surface area contributed by atoms with Crippen LogP contribution in [0.15, 0.2) is 23.1 Å². The number of thiophene rings is 1. The van der Waals surface area contributed by atoms with Gasteiger partial charge in [-0.15, -0.1) is 11.3 Å². The highest BCUT2D eigenvalue weighted by atomic mass is 32.2. The Morgan fingerprint density at radius 2 is 1.87 bits per heavy atom. The molecule has 0 atom stereocenters. The number of carbonyl (C=O) groups is 1. The molecule has 2 heterocycles. The normalized spacial score (nSPS) is 17.2. The molecule has 0 bridgehead atoms. The van der Waals surface area contributed by atoms with Gasteiger partial charge in [-0.2, -0.15) is 9.57 Å². The summed E-state index contributed by atoms with van der Waals surface area (Å²) in [7, 11) is -3.62. The van der Waals surface area contributed by atoms with Crippen molar-refractivity contribution in [2.75, 3.05) is 18.4 Å². The Bertz CT molecular complexity index is 1120. The first-order valence-corrected chi connectivity index (χ1v) is 12.6. The van der Waals surface area contributed by atoms with Gasteiger partial charge in [-0.3, -0.25) is 4.79 Å². The highest BCUT2D eigenvalue weighted by Crippen LogP contribution is 2.38. The Balaban J connectivity index is 1.63. The minimum absolute atomic E-state index is 0.145. The van der Waals surface area contributed by atoms with Gasteiger partial charge in [0.2, 0.25) is 10.0 Å². The summed E-state index contributed by atoms with van der Waals surface area (Å²) in [6, 6.07) is 6.96. The van der Waals surface area contributed by atoms with E-state index < -0.39 is 10.0 Å². The SMILES string of the molecule is Cc1ccc(S(=O)(=O)N2CCCCC2)cc1C(=O)Nc1sc2c(c1C#N)CCCC2. The number of amides is 1. The first-order valence-electron chi connectivity index (χ1n) is 10.4. The summed E-state index contributed by atoms with van der Waals surface area (Å²) in [5.41, 5.74) is 2.63. The van der Waals surface area contributed by atoms with E-state index in [0.717, 1.165) is 50.5 Å². The van der Waals surface area contributed by atoms with Crippen molar-refractivity contribution >= 4 is 32.3 Å². The second-order valence-electron chi connectivity index (χ2n) is 7.92. The zero-order valence-corrected chi connectivity index (χ0v) is 18.7. The van der Waals surface area contributed by atoms with Crippen LogP contribution in [-0.4, -0.2) is 31.7 Å². The van der Waals surface area contributed by atoms with E-state index in [1.807, 2.05) is 0 Å². The Kier molecular flexibility index (Phi) is 5.96. The van der Waals surface area contributed by atoms with Crippen molar-refractivity contribution in [2.24, 2.45) is 0 Å². The lowest BCUT2D eigenvalue weighted by Gasteiger charge is -2.26. The number of anilines is 1. The summed E-state index contributed by atoms with van der Waals surface area (Å²) in [5.74, 6) is -0.377. The maximum absolute atomic E-state index is 13.0. The number of nitrogens with zero attached hydrogens (tertiary/aromatic N) is 2. The second kappa shape index (κ2) is 8.50. The molecule has 0 spiro atoms. The fourth-order valence-electron chi connectivity index (χ4n) is 4.20. The zero-order valence-electron chi connectivity index (χ0n) is 17.0. The van der Waals surface area contributed by atoms with E-state index in [1.165, 1.54) is 26.6 Å². The number of benzene rings is 1. The van der Waals surface area contributed by atoms with Gasteiger partial charge in [-0.25, -0.2) is 8.42 Å². The van der Waals surface area contributed by atoms with Crippen molar-refractivity contribution in [3.05, 3.63) is 45.3 Å². The molecule has 4 rings (SSSR count). The minimum atomic E-state index is -3.62. The Morgan fingerprint density at radius 3 is 2.60 bits per heavy atom. The summed E-state index contributed by atoms with van der Waals surface area (Å²) in [6.45, 7) is 2.82. The van der Waals surface area contributed by atoms with Gasteiger partial charge in [0, 0.05) is 23.5 Å². The summed E-state index contributed by atoms with van der Waals surface area (Å²) < 4.78 is 27.5. The minimum Gasteiger partial charge on any atom is -0.312 e. The molecule has 1 aromatic carbocycles. The molecular weight excluding hydrogens is 418 g/mol. The van der Waals surface area contributed by atoms with Gasteiger partial charge in [-0.1, -0.05) is 12.5 Å². The molecule has 2 aromatic rings. The topological polar surface area (TPSA) is 90.3 Å². The van der Waals surface area contributed by atoms with Crippen LogP contribution in [0.25, 0.3) is 0 Å². The average molecular weight is 444 g/mol. The molecule has 1 fully saturated rings. The van der Waals surface area contributed by atoms with Gasteiger partial charge < -0.3 is 5.32 Å². The van der Waals surface area contributed by atoms with Crippen molar-refractivity contribution in [3.8, 4) is 6.07 Å². The zero-order chi connectivity index (χ0) is 21.3. The van der Waals surface area contributed by atoms with Crippen LogP contribution in [0.2, 0.25) is 0 Å². The van der Waals surface area contributed by atoms with Crippen molar-refractivity contribution in [3.63, 3.8) is 0 Å². The molecule has 2 aliphatic rings. The van der Waals surface area contributed by atoms with Gasteiger partial charge in [0.15, 0.2) is 0 Å². The standard InChI is InChI=1S/C22H25N3O3S2/c1-15-9-10-16(30(27,28)25-11-5-2-6-12-25)13-18(15)21(26)24-22-19(14-23)17-7-3-4-8-20(17)29-22/h9-10,13H,2-8,11-12H2,1H3,(H,24,26). The molecule has 0 saturated carbocycles. The molecule has 158 valence electrons. The van der Waals surface area contributed by atoms with E-state index in [1.54, 1.807) is 19.1 Å². The van der Waals surface area contributed by atoms with Crippen LogP contribution in [0.4, 0.5) is 5.00 Å². The monoisotopic (exact) mass is 443 g/mol. The fraction of sp³-hybridized carbons (Fsp3) is 0.455. The maximum atomic E-state index is 13.0. The first-order chi connectivity index (χ1) is 14.4. The Labute approximate surface area is 181 Å². The summed E-state index contributed by atoms with van der Waals surface area (Å²) in [4.78, 5) is 14.4. The maximum Gasteiger partial charge on any atom is 0.256 e. The van der Waals surface area contributed by atoms with Crippen LogP contribution >= 0.6 is 11.3 Å². The number of fused-ring (bicyclic) bond motifs is 1. The third-order valence-electron chi connectivity index (χ3n) is 5.92. The molecule has 0 radical (unpaired) electrons. The lowest BCUT2D eigenvalue weighted by atomic mass is 9.96. The summed E-state index contributed by atoms with van der Waals surface area (Å²) >= 11 is 1.47. The molecule has 1 aromatic heterocycles. The van der Waals surface area contributed by atoms with Gasteiger partial charge in [0.25, 0.3) is 5.91 Å². The summed E-state index contributed by atoms with van der Waals surface area (Å²) in [6.07, 6.45) is 6.72. The third kappa shape index (κ3) is 3.89. The van der Waals surface area contributed by atoms with Crippen LogP contribution in [0.3, 0.4) is 0 Å². The number of hydrogen-bond acceptors (Lipinski definition) is 5. The molecule has 1 aliphatic carbocycles. The molecular formula is C22H25N3O3S2. The number of rotatable bonds is 4. The third-order valence-corrected chi connectivity index (χ3v) is 9.02. The van der Waals surface area contributed by atoms with E-state index in [2.05, 4.69) is 11.4 Å². The van der Waals surface area contributed by atoms with Crippen molar-refractivity contribution in [2.45, 2.75) is 56.8 Å². The fourth-order valence-corrected chi connectivity index (χ4v) is 6.98. The average Bonchev–Trinajstić information content (AvgIpc) is 3.11. The number of nitriles is 1. The molecule has 1 amide bonds. The number of carbonyl (C=O) groups excluding carboxylic acids is 1. The number of hydrogen-bond donors (Lipinski definition) is 1. The molecule has 1 aliphatic heterocycles. The van der Waals surface area contributed by atoms with Gasteiger partial charge in [0.1, 0.15) is 11.1 Å². The van der Waals surface area contributed by atoms with E-state index in [0.29, 0.717) is 34.8 Å². The van der Waals surface area contributed by atoms with Crippen LogP contribution in [0.1, 0.15) is 64.0 Å². The number of aryl methyl sites for hydroxylation is 2. The highest BCUT2D eigenvalue weighted by molar-refractivity contribution is 7.89. The Hall–Kier alpha value is -2.21. The van der Waals surface area contributed by atoms with Crippen molar-refractivity contribution < 1.29 is 13.2 Å². The van der Waals surface area contributed by atoms with Crippen molar-refractivity contribution in [1.29, 1.82) is 5.26 Å². The largest absolute Gasteiger partial charge is 0.312 e. The predicted octanol–water partition coefficient (Wildman–Crippen LogP) is 4.23. The number of nitrogens with one attached hydrogen (secondary N) is 1. The molecule has 1 saturated heterocycles. The molecule has 6 nitrogen and oxygen atoms in total. The quantitative estimate of drug-likeness (QED) is 0.765.